The lowest BCUT2D eigenvalue weighted by molar-refractivity contribution is -0.140. The normalized spacial score (nSPS) is 12.6. The third-order valence-corrected chi connectivity index (χ3v) is 9.51. The summed E-state index contributed by atoms with van der Waals surface area (Å²) in [4.78, 5) is 29.8. The molecule has 2 atom stereocenters. The minimum absolute atomic E-state index is 0.0708. The highest BCUT2D eigenvalue weighted by molar-refractivity contribution is 9.10. The quantitative estimate of drug-likeness (QED) is 0.185. The van der Waals surface area contributed by atoms with Gasteiger partial charge in [-0.05, 0) is 60.9 Å². The zero-order chi connectivity index (χ0) is 30.8. The maximum Gasteiger partial charge on any atom is 0.264 e. The zero-order valence-corrected chi connectivity index (χ0v) is 26.7. The van der Waals surface area contributed by atoms with Crippen LogP contribution in [-0.4, -0.2) is 43.8 Å². The first-order valence-corrected chi connectivity index (χ1v) is 16.4. The van der Waals surface area contributed by atoms with Crippen molar-refractivity contribution in [3.05, 3.63) is 131 Å². The van der Waals surface area contributed by atoms with Gasteiger partial charge in [-0.25, -0.2) is 8.42 Å². The van der Waals surface area contributed by atoms with Gasteiger partial charge in [0, 0.05) is 23.5 Å². The van der Waals surface area contributed by atoms with Gasteiger partial charge in [-0.1, -0.05) is 102 Å². The van der Waals surface area contributed by atoms with Crippen molar-refractivity contribution in [2.45, 2.75) is 50.2 Å². The van der Waals surface area contributed by atoms with Gasteiger partial charge in [0.05, 0.1) is 10.6 Å². The Morgan fingerprint density at radius 1 is 0.791 bits per heavy atom. The number of nitrogens with zero attached hydrogens (tertiary/aromatic N) is 2. The van der Waals surface area contributed by atoms with Crippen molar-refractivity contribution >= 4 is 43.5 Å². The predicted molar refractivity (Wildman–Crippen MR) is 174 cm³/mol. The topological polar surface area (TPSA) is 86.8 Å². The van der Waals surface area contributed by atoms with E-state index in [9.17, 15) is 18.0 Å². The van der Waals surface area contributed by atoms with Crippen molar-refractivity contribution in [3.63, 3.8) is 0 Å². The lowest BCUT2D eigenvalue weighted by Gasteiger charge is -2.34. The Bertz CT molecular complexity index is 1590. The molecule has 4 aromatic rings. The second-order valence-electron chi connectivity index (χ2n) is 10.3. The molecule has 0 bridgehead atoms. The van der Waals surface area contributed by atoms with Crippen LogP contribution >= 0.6 is 15.9 Å². The van der Waals surface area contributed by atoms with E-state index in [0.29, 0.717) is 5.69 Å². The van der Waals surface area contributed by atoms with Crippen molar-refractivity contribution in [3.8, 4) is 0 Å². The van der Waals surface area contributed by atoms with Gasteiger partial charge in [-0.2, -0.15) is 0 Å². The van der Waals surface area contributed by atoms with Crippen LogP contribution in [0.15, 0.2) is 125 Å². The number of nitrogens with one attached hydrogen (secondary N) is 1. The number of carbonyl (C=O) groups excluding carboxylic acids is 2. The lowest BCUT2D eigenvalue weighted by Crippen LogP contribution is -2.54. The molecule has 0 heterocycles. The van der Waals surface area contributed by atoms with E-state index in [0.717, 1.165) is 26.3 Å². The highest BCUT2D eigenvalue weighted by Crippen LogP contribution is 2.25. The van der Waals surface area contributed by atoms with Gasteiger partial charge in [0.25, 0.3) is 10.0 Å². The number of rotatable bonds is 13. The summed E-state index contributed by atoms with van der Waals surface area (Å²) in [5.41, 5.74) is 2.05. The van der Waals surface area contributed by atoms with Crippen molar-refractivity contribution < 1.29 is 18.0 Å². The van der Waals surface area contributed by atoms with Crippen molar-refractivity contribution in [2.24, 2.45) is 0 Å². The van der Waals surface area contributed by atoms with Crippen LogP contribution in [0.2, 0.25) is 0 Å². The highest BCUT2D eigenvalue weighted by atomic mass is 79.9. The second-order valence-corrected chi connectivity index (χ2v) is 13.1. The fourth-order valence-corrected chi connectivity index (χ4v) is 6.32. The number of halogens is 1. The number of anilines is 1. The summed E-state index contributed by atoms with van der Waals surface area (Å²) in [6, 6.07) is 32.6. The lowest BCUT2D eigenvalue weighted by atomic mass is 10.0. The number of hydrogen-bond donors (Lipinski definition) is 1. The Balaban J connectivity index is 1.78. The SMILES string of the molecule is CCC(C)NC(=O)C(Cc1ccccc1)N(Cc1ccc(Br)cc1)C(=O)CN(c1ccccc1)S(=O)(=O)c1ccccc1. The first-order chi connectivity index (χ1) is 20.7. The number of benzene rings is 4. The molecule has 0 saturated carbocycles. The maximum absolute atomic E-state index is 14.4. The number of carbonyl (C=O) groups is 2. The summed E-state index contributed by atoms with van der Waals surface area (Å²) in [7, 11) is -4.11. The summed E-state index contributed by atoms with van der Waals surface area (Å²) >= 11 is 3.46. The Hall–Kier alpha value is -3.95. The van der Waals surface area contributed by atoms with Crippen molar-refractivity contribution in [1.82, 2.24) is 10.2 Å². The molecular weight excluding hydrogens is 626 g/mol. The smallest absolute Gasteiger partial charge is 0.264 e. The molecule has 0 radical (unpaired) electrons. The molecule has 0 saturated heterocycles. The summed E-state index contributed by atoms with van der Waals surface area (Å²) in [6.07, 6.45) is 0.990. The zero-order valence-electron chi connectivity index (χ0n) is 24.3. The molecule has 2 amide bonds. The predicted octanol–water partition coefficient (Wildman–Crippen LogP) is 6.20. The molecule has 224 valence electrons. The minimum atomic E-state index is -4.11. The van der Waals surface area contributed by atoms with Crippen LogP contribution in [0.1, 0.15) is 31.4 Å². The molecule has 0 aromatic heterocycles. The number of sulfonamides is 1. The van der Waals surface area contributed by atoms with Gasteiger partial charge >= 0.3 is 0 Å². The van der Waals surface area contributed by atoms with Gasteiger partial charge in [0.15, 0.2) is 0 Å². The number of hydrogen-bond acceptors (Lipinski definition) is 4. The fraction of sp³-hybridized carbons (Fsp3) is 0.235. The molecule has 0 aliphatic heterocycles. The minimum Gasteiger partial charge on any atom is -0.352 e. The van der Waals surface area contributed by atoms with Gasteiger partial charge in [-0.3, -0.25) is 13.9 Å². The van der Waals surface area contributed by atoms with E-state index in [2.05, 4.69) is 21.2 Å². The first-order valence-electron chi connectivity index (χ1n) is 14.2. The highest BCUT2D eigenvalue weighted by Gasteiger charge is 2.34. The van der Waals surface area contributed by atoms with E-state index in [1.165, 1.54) is 17.0 Å². The Morgan fingerprint density at radius 2 is 1.35 bits per heavy atom. The average molecular weight is 663 g/mol. The fourth-order valence-electron chi connectivity index (χ4n) is 4.62. The van der Waals surface area contributed by atoms with Crippen molar-refractivity contribution in [1.29, 1.82) is 0 Å². The van der Waals surface area contributed by atoms with Crippen LogP contribution in [0.3, 0.4) is 0 Å². The van der Waals surface area contributed by atoms with E-state index in [1.54, 1.807) is 48.5 Å². The largest absolute Gasteiger partial charge is 0.352 e. The summed E-state index contributed by atoms with van der Waals surface area (Å²) < 4.78 is 29.9. The molecule has 4 aromatic carbocycles. The molecule has 9 heteroatoms. The van der Waals surface area contributed by atoms with Gasteiger partial charge < -0.3 is 10.2 Å². The van der Waals surface area contributed by atoms with Crippen molar-refractivity contribution in [2.75, 3.05) is 10.8 Å². The third-order valence-electron chi connectivity index (χ3n) is 7.19. The Kier molecular flexibility index (Phi) is 11.1. The first kappa shape index (κ1) is 32.0. The number of para-hydroxylation sites is 1. The molecule has 4 rings (SSSR count). The molecule has 7 nitrogen and oxygen atoms in total. The molecule has 0 fully saturated rings. The molecule has 0 aliphatic carbocycles. The van der Waals surface area contributed by atoms with E-state index < -0.39 is 28.5 Å². The van der Waals surface area contributed by atoms with Crippen LogP contribution in [0.25, 0.3) is 0 Å². The molecule has 0 spiro atoms. The Morgan fingerprint density at radius 3 is 1.93 bits per heavy atom. The molecule has 2 unspecified atom stereocenters. The van der Waals surface area contributed by atoms with Crippen LogP contribution in [-0.2, 0) is 32.6 Å². The molecule has 1 N–H and O–H groups in total. The summed E-state index contributed by atoms with van der Waals surface area (Å²) in [6.45, 7) is 3.53. The van der Waals surface area contributed by atoms with Crippen LogP contribution in [0.5, 0.6) is 0 Å². The van der Waals surface area contributed by atoms with E-state index >= 15 is 0 Å². The number of amides is 2. The monoisotopic (exact) mass is 661 g/mol. The molecule has 0 aliphatic rings. The summed E-state index contributed by atoms with van der Waals surface area (Å²) in [5, 5.41) is 3.05. The van der Waals surface area contributed by atoms with Gasteiger partial charge in [-0.15, -0.1) is 0 Å². The van der Waals surface area contributed by atoms with E-state index in [-0.39, 0.29) is 29.8 Å². The van der Waals surface area contributed by atoms with Crippen LogP contribution in [0, 0.1) is 0 Å². The van der Waals surface area contributed by atoms with E-state index in [1.807, 2.05) is 68.4 Å². The summed E-state index contributed by atoms with van der Waals surface area (Å²) in [5.74, 6) is -0.785. The van der Waals surface area contributed by atoms with E-state index in [4.69, 9.17) is 0 Å². The average Bonchev–Trinajstić information content (AvgIpc) is 3.03. The van der Waals surface area contributed by atoms with Crippen LogP contribution in [0.4, 0.5) is 5.69 Å². The second kappa shape index (κ2) is 15.0. The van der Waals surface area contributed by atoms with Gasteiger partial charge in [0.2, 0.25) is 11.8 Å². The maximum atomic E-state index is 14.4. The Labute approximate surface area is 262 Å². The molecular formula is C34H36BrN3O4S. The third kappa shape index (κ3) is 8.55. The molecule has 43 heavy (non-hydrogen) atoms. The standard InChI is InChI=1S/C34H36BrN3O4S/c1-3-26(2)36-34(40)32(23-27-13-7-4-8-14-27)37(24-28-19-21-29(35)22-20-28)33(39)25-38(30-15-9-5-10-16-30)43(41,42)31-17-11-6-12-18-31/h4-22,26,32H,3,23-25H2,1-2H3,(H,36,40). The van der Waals surface area contributed by atoms with Crippen LogP contribution < -0.4 is 9.62 Å². The van der Waals surface area contributed by atoms with Gasteiger partial charge in [0.1, 0.15) is 12.6 Å².